The molecule has 0 bridgehead atoms. The number of ether oxygens (including phenoxy) is 1. The largest absolute Gasteiger partial charge is 0.475 e. The molecule has 0 aromatic carbocycles. The molecule has 0 atom stereocenters. The minimum atomic E-state index is -0.383. The fraction of sp³-hybridized carbons (Fsp3) is 0.467. The summed E-state index contributed by atoms with van der Waals surface area (Å²) in [7, 11) is 0. The van der Waals surface area contributed by atoms with Crippen LogP contribution in [0.15, 0.2) is 17.8 Å². The molecule has 0 aliphatic heterocycles. The first-order valence-corrected chi connectivity index (χ1v) is 7.84. The lowest BCUT2D eigenvalue weighted by Crippen LogP contribution is -2.22. The summed E-state index contributed by atoms with van der Waals surface area (Å²) in [5, 5.41) is 3.19. The van der Waals surface area contributed by atoms with Gasteiger partial charge in [-0.25, -0.2) is 14.4 Å². The Labute approximate surface area is 128 Å². The number of pyridine rings is 1. The van der Waals surface area contributed by atoms with Gasteiger partial charge in [0.2, 0.25) is 0 Å². The maximum absolute atomic E-state index is 14.2. The third-order valence-electron chi connectivity index (χ3n) is 3.05. The second-order valence-corrected chi connectivity index (χ2v) is 6.02. The Kier molecular flexibility index (Phi) is 5.64. The van der Waals surface area contributed by atoms with Gasteiger partial charge in [-0.2, -0.15) is 0 Å². The highest BCUT2D eigenvalue weighted by molar-refractivity contribution is 7.09. The van der Waals surface area contributed by atoms with E-state index in [0.717, 1.165) is 10.6 Å². The summed E-state index contributed by atoms with van der Waals surface area (Å²) in [6.07, 6.45) is 2.29. The Morgan fingerprint density at radius 3 is 2.86 bits per heavy atom. The fourth-order valence-corrected chi connectivity index (χ4v) is 2.58. The summed E-state index contributed by atoms with van der Waals surface area (Å²) >= 11 is 1.59. The highest BCUT2D eigenvalue weighted by Gasteiger charge is 2.11. The Hall–Kier alpha value is -1.53. The van der Waals surface area contributed by atoms with E-state index in [2.05, 4.69) is 15.3 Å². The molecule has 6 heteroatoms. The summed E-state index contributed by atoms with van der Waals surface area (Å²) < 4.78 is 19.7. The predicted octanol–water partition coefficient (Wildman–Crippen LogP) is 3.11. The van der Waals surface area contributed by atoms with Gasteiger partial charge in [0.25, 0.3) is 5.88 Å². The molecule has 0 saturated carbocycles. The summed E-state index contributed by atoms with van der Waals surface area (Å²) in [5.74, 6) is -0.313. The van der Waals surface area contributed by atoms with E-state index in [1.165, 1.54) is 0 Å². The van der Waals surface area contributed by atoms with Crippen LogP contribution in [0.1, 0.15) is 30.0 Å². The van der Waals surface area contributed by atoms with Crippen LogP contribution in [-0.4, -0.2) is 22.6 Å². The van der Waals surface area contributed by atoms with Gasteiger partial charge in [0.1, 0.15) is 0 Å². The van der Waals surface area contributed by atoms with Crippen LogP contribution in [0.3, 0.4) is 0 Å². The van der Waals surface area contributed by atoms with Crippen molar-refractivity contribution in [3.8, 4) is 5.88 Å². The predicted molar refractivity (Wildman–Crippen MR) is 82.2 cm³/mol. The Bertz CT molecular complexity index is 586. The molecule has 0 aliphatic carbocycles. The number of aryl methyl sites for hydroxylation is 1. The molecule has 0 fully saturated rings. The Morgan fingerprint density at radius 1 is 1.38 bits per heavy atom. The van der Waals surface area contributed by atoms with E-state index >= 15 is 0 Å². The molecule has 0 spiro atoms. The average Bonchev–Trinajstić information content (AvgIpc) is 2.85. The minimum absolute atomic E-state index is 0.0697. The normalized spacial score (nSPS) is 11.1. The third kappa shape index (κ3) is 4.47. The molecule has 0 radical (unpaired) electrons. The van der Waals surface area contributed by atoms with Crippen LogP contribution in [-0.2, 0) is 13.0 Å². The van der Waals surface area contributed by atoms with E-state index in [1.54, 1.807) is 23.6 Å². The van der Waals surface area contributed by atoms with Crippen molar-refractivity contribution in [1.29, 1.82) is 0 Å². The van der Waals surface area contributed by atoms with Crippen LogP contribution in [0.4, 0.5) is 4.39 Å². The van der Waals surface area contributed by atoms with Crippen LogP contribution in [0.5, 0.6) is 5.88 Å². The number of halogens is 1. The third-order valence-corrected chi connectivity index (χ3v) is 4.05. The maximum atomic E-state index is 14.2. The highest BCUT2D eigenvalue weighted by Crippen LogP contribution is 2.18. The zero-order valence-electron chi connectivity index (χ0n) is 12.5. The highest BCUT2D eigenvalue weighted by atomic mass is 32.1. The van der Waals surface area contributed by atoms with Gasteiger partial charge in [0, 0.05) is 35.6 Å². The minimum Gasteiger partial charge on any atom is -0.475 e. The van der Waals surface area contributed by atoms with Crippen LogP contribution in [0, 0.1) is 12.7 Å². The van der Waals surface area contributed by atoms with Gasteiger partial charge < -0.3 is 10.1 Å². The van der Waals surface area contributed by atoms with Crippen LogP contribution in [0.2, 0.25) is 0 Å². The van der Waals surface area contributed by atoms with E-state index in [4.69, 9.17) is 4.74 Å². The van der Waals surface area contributed by atoms with Crippen molar-refractivity contribution in [3.05, 3.63) is 39.7 Å². The molecule has 0 unspecified atom stereocenters. The molecule has 2 heterocycles. The molecule has 1 N–H and O–H groups in total. The number of nitrogens with zero attached hydrogens (tertiary/aromatic N) is 2. The molecule has 0 amide bonds. The summed E-state index contributed by atoms with van der Waals surface area (Å²) in [6, 6.07) is 1.97. The topological polar surface area (TPSA) is 47.0 Å². The second kappa shape index (κ2) is 7.47. The van der Waals surface area contributed by atoms with Crippen molar-refractivity contribution in [2.75, 3.05) is 6.61 Å². The molecule has 2 rings (SSSR count). The van der Waals surface area contributed by atoms with Gasteiger partial charge in [0.05, 0.1) is 17.8 Å². The smallest absolute Gasteiger partial charge is 0.250 e. The van der Waals surface area contributed by atoms with E-state index < -0.39 is 0 Å². The molecular formula is C15H20FN3OS. The lowest BCUT2D eigenvalue weighted by molar-refractivity contribution is 0.291. The van der Waals surface area contributed by atoms with Gasteiger partial charge in [-0.1, -0.05) is 13.8 Å². The molecular weight excluding hydrogens is 289 g/mol. The monoisotopic (exact) mass is 309 g/mol. The zero-order valence-corrected chi connectivity index (χ0v) is 13.3. The van der Waals surface area contributed by atoms with E-state index in [1.807, 2.05) is 26.3 Å². The second-order valence-electron chi connectivity index (χ2n) is 5.08. The van der Waals surface area contributed by atoms with Gasteiger partial charge in [-0.3, -0.25) is 0 Å². The van der Waals surface area contributed by atoms with Crippen molar-refractivity contribution < 1.29 is 9.13 Å². The van der Waals surface area contributed by atoms with E-state index in [-0.39, 0.29) is 11.7 Å². The van der Waals surface area contributed by atoms with Gasteiger partial charge in [-0.15, -0.1) is 11.3 Å². The molecule has 4 nitrogen and oxygen atoms in total. The molecule has 2 aromatic heterocycles. The number of rotatable bonds is 7. The van der Waals surface area contributed by atoms with Crippen LogP contribution < -0.4 is 10.1 Å². The Balaban J connectivity index is 1.94. The molecule has 0 aliphatic rings. The summed E-state index contributed by atoms with van der Waals surface area (Å²) in [5.41, 5.74) is 3.39. The van der Waals surface area contributed by atoms with Crippen LogP contribution in [0.25, 0.3) is 0 Å². The zero-order chi connectivity index (χ0) is 15.2. The number of thiazole rings is 1. The SMILES string of the molecule is Cc1ncsc1CCOc1nccc(CNC(C)C)c1F. The first kappa shape index (κ1) is 15.9. The molecule has 2 aromatic rings. The number of nitrogens with one attached hydrogen (secondary N) is 1. The van der Waals surface area contributed by atoms with Crippen molar-refractivity contribution in [2.24, 2.45) is 0 Å². The first-order valence-electron chi connectivity index (χ1n) is 6.96. The maximum Gasteiger partial charge on any atom is 0.250 e. The van der Waals surface area contributed by atoms with E-state index in [9.17, 15) is 4.39 Å². The quantitative estimate of drug-likeness (QED) is 0.854. The lowest BCUT2D eigenvalue weighted by Gasteiger charge is -2.11. The summed E-state index contributed by atoms with van der Waals surface area (Å²) in [6.45, 7) is 6.87. The van der Waals surface area contributed by atoms with Crippen molar-refractivity contribution >= 4 is 11.3 Å². The lowest BCUT2D eigenvalue weighted by atomic mass is 10.2. The van der Waals surface area contributed by atoms with Crippen molar-refractivity contribution in [2.45, 2.75) is 39.8 Å². The number of hydrogen-bond acceptors (Lipinski definition) is 5. The Morgan fingerprint density at radius 2 is 2.19 bits per heavy atom. The van der Waals surface area contributed by atoms with Crippen molar-refractivity contribution in [1.82, 2.24) is 15.3 Å². The van der Waals surface area contributed by atoms with Gasteiger partial charge in [0.15, 0.2) is 5.82 Å². The van der Waals surface area contributed by atoms with Crippen LogP contribution >= 0.6 is 11.3 Å². The number of aromatic nitrogens is 2. The number of hydrogen-bond donors (Lipinski definition) is 1. The fourth-order valence-electron chi connectivity index (χ4n) is 1.82. The van der Waals surface area contributed by atoms with Gasteiger partial charge >= 0.3 is 0 Å². The average molecular weight is 309 g/mol. The standard InChI is InChI=1S/C15H20FN3OS/c1-10(2)18-8-12-4-6-17-15(14(12)16)20-7-5-13-11(3)19-9-21-13/h4,6,9-10,18H,5,7-8H2,1-3H3. The molecule has 114 valence electrons. The molecule has 21 heavy (non-hydrogen) atoms. The van der Waals surface area contributed by atoms with Gasteiger partial charge in [-0.05, 0) is 13.0 Å². The van der Waals surface area contributed by atoms with Crippen molar-refractivity contribution in [3.63, 3.8) is 0 Å². The summed E-state index contributed by atoms with van der Waals surface area (Å²) in [4.78, 5) is 9.31. The molecule has 0 saturated heterocycles. The first-order chi connectivity index (χ1) is 10.1. The van der Waals surface area contributed by atoms with E-state index in [0.29, 0.717) is 31.2 Å².